The van der Waals surface area contributed by atoms with Gasteiger partial charge in [-0.3, -0.25) is 9.48 Å². The van der Waals surface area contributed by atoms with Gasteiger partial charge in [0.1, 0.15) is 5.75 Å². The summed E-state index contributed by atoms with van der Waals surface area (Å²) in [6, 6.07) is 17.1. The molecule has 0 aliphatic carbocycles. The highest BCUT2D eigenvalue weighted by Gasteiger charge is 2.11. The van der Waals surface area contributed by atoms with Gasteiger partial charge in [-0.1, -0.05) is 41.9 Å². The third-order valence-corrected chi connectivity index (χ3v) is 4.15. The number of rotatable bonds is 7. The number of likely N-dealkylation sites (N-methyl/N-ethyl adjacent to an activating group) is 1. The predicted octanol–water partition coefficient (Wildman–Crippen LogP) is 3.62. The van der Waals surface area contributed by atoms with Crippen LogP contribution in [-0.4, -0.2) is 34.2 Å². The van der Waals surface area contributed by atoms with Crippen LogP contribution in [0.15, 0.2) is 67.0 Å². The van der Waals surface area contributed by atoms with Crippen molar-refractivity contribution in [3.05, 3.63) is 83.1 Å². The molecule has 1 amide bonds. The number of hydrogen-bond acceptors (Lipinski definition) is 3. The first-order valence-electron chi connectivity index (χ1n) is 8.28. The molecule has 134 valence electrons. The van der Waals surface area contributed by atoms with Crippen LogP contribution in [0.25, 0.3) is 0 Å². The van der Waals surface area contributed by atoms with Gasteiger partial charge in [-0.2, -0.15) is 5.10 Å². The molecule has 0 aliphatic rings. The summed E-state index contributed by atoms with van der Waals surface area (Å²) in [7, 11) is 1.75. The van der Waals surface area contributed by atoms with Crippen molar-refractivity contribution in [2.24, 2.45) is 0 Å². The Morgan fingerprint density at radius 2 is 1.85 bits per heavy atom. The Morgan fingerprint density at radius 3 is 2.58 bits per heavy atom. The van der Waals surface area contributed by atoms with Crippen molar-refractivity contribution in [2.45, 2.75) is 13.1 Å². The van der Waals surface area contributed by atoms with Gasteiger partial charge in [0.2, 0.25) is 0 Å². The van der Waals surface area contributed by atoms with E-state index in [0.29, 0.717) is 23.9 Å². The fourth-order valence-electron chi connectivity index (χ4n) is 2.49. The minimum absolute atomic E-state index is 0.0176. The molecule has 0 bridgehead atoms. The SMILES string of the molecule is CN(Cc1cnn(Cc2ccccc2)c1)C(=O)COc1ccc(Cl)cc1. The Balaban J connectivity index is 1.50. The van der Waals surface area contributed by atoms with Crippen molar-refractivity contribution in [1.82, 2.24) is 14.7 Å². The summed E-state index contributed by atoms with van der Waals surface area (Å²) in [4.78, 5) is 13.9. The van der Waals surface area contributed by atoms with Crippen LogP contribution < -0.4 is 4.74 Å². The van der Waals surface area contributed by atoms with Gasteiger partial charge < -0.3 is 9.64 Å². The first-order chi connectivity index (χ1) is 12.6. The number of amides is 1. The van der Waals surface area contributed by atoms with E-state index in [1.54, 1.807) is 42.4 Å². The normalized spacial score (nSPS) is 10.5. The highest BCUT2D eigenvalue weighted by Crippen LogP contribution is 2.15. The van der Waals surface area contributed by atoms with Crippen LogP contribution in [0.5, 0.6) is 5.75 Å². The summed E-state index contributed by atoms with van der Waals surface area (Å²) in [6.45, 7) is 1.17. The topological polar surface area (TPSA) is 47.4 Å². The zero-order chi connectivity index (χ0) is 18.4. The van der Waals surface area contributed by atoms with Gasteiger partial charge in [-0.15, -0.1) is 0 Å². The zero-order valence-corrected chi connectivity index (χ0v) is 15.3. The summed E-state index contributed by atoms with van der Waals surface area (Å²) in [5.41, 5.74) is 2.16. The van der Waals surface area contributed by atoms with Gasteiger partial charge >= 0.3 is 0 Å². The molecule has 0 aliphatic heterocycles. The first-order valence-corrected chi connectivity index (χ1v) is 8.65. The summed E-state index contributed by atoms with van der Waals surface area (Å²) in [6.07, 6.45) is 3.74. The lowest BCUT2D eigenvalue weighted by Crippen LogP contribution is -2.30. The highest BCUT2D eigenvalue weighted by molar-refractivity contribution is 6.30. The maximum absolute atomic E-state index is 12.2. The predicted molar refractivity (Wildman–Crippen MR) is 101 cm³/mol. The molecule has 1 heterocycles. The van der Waals surface area contributed by atoms with Crippen LogP contribution in [0.2, 0.25) is 5.02 Å². The third kappa shape index (κ3) is 5.10. The van der Waals surface area contributed by atoms with Crippen LogP contribution in [-0.2, 0) is 17.9 Å². The van der Waals surface area contributed by atoms with Gasteiger partial charge in [0, 0.05) is 30.4 Å². The summed E-state index contributed by atoms with van der Waals surface area (Å²) in [5, 5.41) is 4.99. The molecule has 0 unspecified atom stereocenters. The van der Waals surface area contributed by atoms with E-state index in [9.17, 15) is 4.79 Å². The summed E-state index contributed by atoms with van der Waals surface area (Å²) < 4.78 is 7.36. The van der Waals surface area contributed by atoms with Gasteiger partial charge in [-0.25, -0.2) is 0 Å². The number of halogens is 1. The fourth-order valence-corrected chi connectivity index (χ4v) is 2.62. The van der Waals surface area contributed by atoms with E-state index in [1.165, 1.54) is 5.56 Å². The molecule has 0 saturated carbocycles. The van der Waals surface area contributed by atoms with E-state index in [4.69, 9.17) is 16.3 Å². The molecule has 2 aromatic carbocycles. The first kappa shape index (κ1) is 18.0. The molecule has 0 atom stereocenters. The Labute approximate surface area is 157 Å². The average molecular weight is 370 g/mol. The van der Waals surface area contributed by atoms with Crippen molar-refractivity contribution in [2.75, 3.05) is 13.7 Å². The Bertz CT molecular complexity index is 847. The van der Waals surface area contributed by atoms with Crippen LogP contribution in [0, 0.1) is 0 Å². The smallest absolute Gasteiger partial charge is 0.260 e. The molecule has 26 heavy (non-hydrogen) atoms. The second-order valence-electron chi connectivity index (χ2n) is 6.02. The number of aromatic nitrogens is 2. The van der Waals surface area contributed by atoms with Gasteiger partial charge in [0.25, 0.3) is 5.91 Å². The molecule has 0 radical (unpaired) electrons. The van der Waals surface area contributed by atoms with Gasteiger partial charge in [0.05, 0.1) is 12.7 Å². The molecule has 0 spiro atoms. The van der Waals surface area contributed by atoms with Gasteiger partial charge in [-0.05, 0) is 29.8 Å². The second-order valence-corrected chi connectivity index (χ2v) is 6.46. The van der Waals surface area contributed by atoms with Crippen LogP contribution in [0.1, 0.15) is 11.1 Å². The number of benzene rings is 2. The molecule has 6 heteroatoms. The largest absolute Gasteiger partial charge is 0.484 e. The zero-order valence-electron chi connectivity index (χ0n) is 14.5. The van der Waals surface area contributed by atoms with Crippen molar-refractivity contribution in [3.8, 4) is 5.75 Å². The maximum atomic E-state index is 12.2. The number of carbonyl (C=O) groups is 1. The number of hydrogen-bond donors (Lipinski definition) is 0. The lowest BCUT2D eigenvalue weighted by atomic mass is 10.2. The highest BCUT2D eigenvalue weighted by atomic mass is 35.5. The quantitative estimate of drug-likeness (QED) is 0.639. The Morgan fingerprint density at radius 1 is 1.12 bits per heavy atom. The standard InChI is InChI=1S/C20H20ClN3O2/c1-23(20(25)15-26-19-9-7-18(21)8-10-19)12-17-11-22-24(14-17)13-16-5-3-2-4-6-16/h2-11,14H,12-13,15H2,1H3. The second kappa shape index (κ2) is 8.54. The lowest BCUT2D eigenvalue weighted by Gasteiger charge is -2.16. The molecule has 1 aromatic heterocycles. The molecular formula is C20H20ClN3O2. The van der Waals surface area contributed by atoms with Crippen molar-refractivity contribution in [3.63, 3.8) is 0 Å². The molecular weight excluding hydrogens is 350 g/mol. The molecule has 0 fully saturated rings. The molecule has 0 saturated heterocycles. The lowest BCUT2D eigenvalue weighted by molar-refractivity contribution is -0.132. The van der Waals surface area contributed by atoms with E-state index >= 15 is 0 Å². The Kier molecular flexibility index (Phi) is 5.92. The van der Waals surface area contributed by atoms with Crippen LogP contribution in [0.3, 0.4) is 0 Å². The molecule has 5 nitrogen and oxygen atoms in total. The third-order valence-electron chi connectivity index (χ3n) is 3.90. The summed E-state index contributed by atoms with van der Waals surface area (Å²) >= 11 is 5.83. The fraction of sp³-hybridized carbons (Fsp3) is 0.200. The van der Waals surface area contributed by atoms with E-state index < -0.39 is 0 Å². The summed E-state index contributed by atoms with van der Waals surface area (Å²) in [5.74, 6) is 0.516. The minimum atomic E-state index is -0.101. The van der Waals surface area contributed by atoms with E-state index in [2.05, 4.69) is 17.2 Å². The number of ether oxygens (including phenoxy) is 1. The molecule has 0 N–H and O–H groups in total. The van der Waals surface area contributed by atoms with Crippen molar-refractivity contribution < 1.29 is 9.53 Å². The number of nitrogens with zero attached hydrogens (tertiary/aromatic N) is 3. The Hall–Kier alpha value is -2.79. The van der Waals surface area contributed by atoms with Crippen molar-refractivity contribution in [1.29, 1.82) is 0 Å². The molecule has 3 aromatic rings. The van der Waals surface area contributed by atoms with E-state index in [1.807, 2.05) is 29.1 Å². The van der Waals surface area contributed by atoms with Crippen LogP contribution in [0.4, 0.5) is 0 Å². The van der Waals surface area contributed by atoms with Crippen LogP contribution >= 0.6 is 11.6 Å². The monoisotopic (exact) mass is 369 g/mol. The van der Waals surface area contributed by atoms with Gasteiger partial charge in [0.15, 0.2) is 6.61 Å². The number of carbonyl (C=O) groups excluding carboxylic acids is 1. The van der Waals surface area contributed by atoms with E-state index in [-0.39, 0.29) is 12.5 Å². The molecule has 3 rings (SSSR count). The van der Waals surface area contributed by atoms with E-state index in [0.717, 1.165) is 5.56 Å². The maximum Gasteiger partial charge on any atom is 0.260 e. The minimum Gasteiger partial charge on any atom is -0.484 e. The van der Waals surface area contributed by atoms with Crippen molar-refractivity contribution >= 4 is 17.5 Å². The average Bonchev–Trinajstić information content (AvgIpc) is 3.08.